The molecule has 3 rings (SSSR count). The number of hydrogen-bond donors (Lipinski definition) is 2. The van der Waals surface area contributed by atoms with Crippen LogP contribution in [0.25, 0.3) is 11.9 Å². The van der Waals surface area contributed by atoms with Crippen molar-refractivity contribution in [2.75, 3.05) is 23.7 Å². The van der Waals surface area contributed by atoms with Crippen LogP contribution in [0.3, 0.4) is 0 Å². The van der Waals surface area contributed by atoms with Crippen molar-refractivity contribution >= 4 is 35.5 Å². The van der Waals surface area contributed by atoms with E-state index in [-0.39, 0.29) is 41.8 Å². The molecular weight excluding hydrogens is 372 g/mol. The number of ether oxygens (including phenoxy) is 1. The molecule has 1 atom stereocenters. The second-order valence-electron chi connectivity index (χ2n) is 6.08. The smallest absolute Gasteiger partial charge is 0.414 e. The first-order valence-electron chi connectivity index (χ1n) is 8.30. The molecule has 28 heavy (non-hydrogen) atoms. The second-order valence-corrected chi connectivity index (χ2v) is 6.08. The third kappa shape index (κ3) is 4.40. The minimum atomic E-state index is -0.734. The van der Waals surface area contributed by atoms with E-state index in [1.807, 2.05) is 0 Å². The lowest BCUT2D eigenvalue weighted by atomic mass is 10.1. The molecule has 146 valence electrons. The number of nitrogens with one attached hydrogen (secondary N) is 1. The number of aromatic nitrogens is 2. The van der Waals surface area contributed by atoms with Gasteiger partial charge >= 0.3 is 6.09 Å². The average molecular weight is 389 g/mol. The Labute approximate surface area is 159 Å². The van der Waals surface area contributed by atoms with Crippen LogP contribution in [0.1, 0.15) is 18.1 Å². The Hall–Kier alpha value is -3.56. The van der Waals surface area contributed by atoms with Gasteiger partial charge in [-0.15, -0.1) is 0 Å². The number of carbonyl (C=O) groups is 2. The largest absolute Gasteiger partial charge is 0.442 e. The highest BCUT2D eigenvalue weighted by Gasteiger charge is 2.32. The summed E-state index contributed by atoms with van der Waals surface area (Å²) in [6.45, 7) is 1.67. The van der Waals surface area contributed by atoms with E-state index in [2.05, 4.69) is 15.3 Å². The fraction of sp³-hybridized carbons (Fsp3) is 0.222. The van der Waals surface area contributed by atoms with E-state index in [4.69, 9.17) is 10.5 Å². The minimum absolute atomic E-state index is 0.00129. The lowest BCUT2D eigenvalue weighted by Gasteiger charge is -2.14. The molecule has 3 N–H and O–H groups in total. The lowest BCUT2D eigenvalue weighted by molar-refractivity contribution is -0.119. The van der Waals surface area contributed by atoms with Crippen LogP contribution >= 0.6 is 0 Å². The van der Waals surface area contributed by atoms with E-state index in [1.165, 1.54) is 36.4 Å². The zero-order valence-corrected chi connectivity index (χ0v) is 14.9. The van der Waals surface area contributed by atoms with Crippen LogP contribution in [0.4, 0.5) is 25.2 Å². The first-order chi connectivity index (χ1) is 13.3. The zero-order valence-electron chi connectivity index (χ0n) is 14.9. The third-order valence-electron chi connectivity index (χ3n) is 3.98. The number of halogens is 2. The highest BCUT2D eigenvalue weighted by atomic mass is 19.1. The number of nitrogens with two attached hydrogens (primary N) is 1. The van der Waals surface area contributed by atoms with Crippen LogP contribution in [0.2, 0.25) is 0 Å². The van der Waals surface area contributed by atoms with Gasteiger partial charge in [-0.05, 0) is 24.3 Å². The van der Waals surface area contributed by atoms with E-state index in [9.17, 15) is 18.4 Å². The van der Waals surface area contributed by atoms with Crippen molar-refractivity contribution in [1.29, 1.82) is 0 Å². The fourth-order valence-electron chi connectivity index (χ4n) is 2.58. The van der Waals surface area contributed by atoms with Gasteiger partial charge < -0.3 is 15.8 Å². The van der Waals surface area contributed by atoms with Crippen molar-refractivity contribution in [2.24, 2.45) is 0 Å². The molecular formula is C18H17F2N5O3. The van der Waals surface area contributed by atoms with E-state index in [0.29, 0.717) is 0 Å². The van der Waals surface area contributed by atoms with Gasteiger partial charge in [0.2, 0.25) is 11.9 Å². The molecule has 0 bridgehead atoms. The van der Waals surface area contributed by atoms with Crippen molar-refractivity contribution in [2.45, 2.75) is 13.0 Å². The Kier molecular flexibility index (Phi) is 5.48. The summed E-state index contributed by atoms with van der Waals surface area (Å²) in [5.41, 5.74) is 5.66. The van der Waals surface area contributed by atoms with Gasteiger partial charge in [-0.3, -0.25) is 9.69 Å². The molecule has 1 aliphatic rings. The van der Waals surface area contributed by atoms with Crippen molar-refractivity contribution in [3.8, 4) is 0 Å². The summed E-state index contributed by atoms with van der Waals surface area (Å²) in [6, 6.07) is 3.93. The highest BCUT2D eigenvalue weighted by Crippen LogP contribution is 2.26. The van der Waals surface area contributed by atoms with Gasteiger partial charge in [0, 0.05) is 30.4 Å². The van der Waals surface area contributed by atoms with Crippen LogP contribution in [0, 0.1) is 5.82 Å². The van der Waals surface area contributed by atoms with E-state index in [0.717, 1.165) is 12.1 Å². The molecule has 8 nitrogen and oxygen atoms in total. The summed E-state index contributed by atoms with van der Waals surface area (Å²) in [5.74, 6) is -1.70. The number of rotatable bonds is 5. The molecule has 2 aromatic rings. The van der Waals surface area contributed by atoms with Crippen LogP contribution in [0.5, 0.6) is 0 Å². The predicted octanol–water partition coefficient (Wildman–Crippen LogP) is 2.13. The van der Waals surface area contributed by atoms with E-state index >= 15 is 0 Å². The molecule has 1 aromatic heterocycles. The summed E-state index contributed by atoms with van der Waals surface area (Å²) in [6.07, 6.45) is 2.19. The average Bonchev–Trinajstić information content (AvgIpc) is 3.03. The Bertz CT molecular complexity index is 933. The van der Waals surface area contributed by atoms with Crippen molar-refractivity contribution in [3.05, 3.63) is 47.5 Å². The first kappa shape index (κ1) is 19.2. The lowest BCUT2D eigenvalue weighted by Crippen LogP contribution is -2.33. The van der Waals surface area contributed by atoms with E-state index in [1.54, 1.807) is 0 Å². The number of amides is 2. The predicted molar refractivity (Wildman–Crippen MR) is 98.1 cm³/mol. The standard InChI is InChI=1S/C18H17F2N5O3/c1-10(26)22-8-14-9-25(18(27)28-14)13-3-2-11(16(20)5-13)4-15(19)12-6-23-17(21)24-7-12/h2-7,14H,8-9H2,1H3,(H,22,26)(H2,21,23,24)/b15-4-/t14-/m0/s1. The van der Waals surface area contributed by atoms with Gasteiger partial charge in [0.15, 0.2) is 0 Å². The number of carbonyl (C=O) groups excluding carboxylic acids is 2. The summed E-state index contributed by atoms with van der Waals surface area (Å²) >= 11 is 0. The highest BCUT2D eigenvalue weighted by molar-refractivity contribution is 5.90. The van der Waals surface area contributed by atoms with Crippen molar-refractivity contribution < 1.29 is 23.1 Å². The van der Waals surface area contributed by atoms with Gasteiger partial charge in [0.05, 0.1) is 18.8 Å². The van der Waals surface area contributed by atoms with Gasteiger partial charge in [-0.25, -0.2) is 23.5 Å². The maximum Gasteiger partial charge on any atom is 0.414 e. The molecule has 0 spiro atoms. The SMILES string of the molecule is CC(=O)NC[C@H]1CN(c2ccc(/C=C(\F)c3cnc(N)nc3)c(F)c2)C(=O)O1. The van der Waals surface area contributed by atoms with Crippen LogP contribution < -0.4 is 16.0 Å². The number of hydrogen-bond acceptors (Lipinski definition) is 6. The van der Waals surface area contributed by atoms with Gasteiger partial charge in [0.1, 0.15) is 17.7 Å². The van der Waals surface area contributed by atoms with E-state index < -0.39 is 23.8 Å². The molecule has 1 fully saturated rings. The quantitative estimate of drug-likeness (QED) is 0.811. The number of nitrogen functional groups attached to an aromatic ring is 1. The van der Waals surface area contributed by atoms with Crippen LogP contribution in [-0.4, -0.2) is 41.2 Å². The molecule has 1 aliphatic heterocycles. The number of benzene rings is 1. The molecule has 0 radical (unpaired) electrons. The van der Waals surface area contributed by atoms with Gasteiger partial charge in [-0.1, -0.05) is 0 Å². The zero-order chi connectivity index (χ0) is 20.3. The van der Waals surface area contributed by atoms with Crippen molar-refractivity contribution in [3.63, 3.8) is 0 Å². The molecule has 2 heterocycles. The third-order valence-corrected chi connectivity index (χ3v) is 3.98. The molecule has 0 unspecified atom stereocenters. The molecule has 10 heteroatoms. The Balaban J connectivity index is 1.75. The minimum Gasteiger partial charge on any atom is -0.442 e. The summed E-state index contributed by atoms with van der Waals surface area (Å²) in [5, 5.41) is 2.56. The monoisotopic (exact) mass is 389 g/mol. The summed E-state index contributed by atoms with van der Waals surface area (Å²) in [4.78, 5) is 31.5. The van der Waals surface area contributed by atoms with Gasteiger partial charge in [0.25, 0.3) is 0 Å². The molecule has 1 saturated heterocycles. The second kappa shape index (κ2) is 7.99. The Morgan fingerprint density at radius 2 is 2.14 bits per heavy atom. The molecule has 0 saturated carbocycles. The summed E-state index contributed by atoms with van der Waals surface area (Å²) in [7, 11) is 0. The number of anilines is 2. The fourth-order valence-corrected chi connectivity index (χ4v) is 2.58. The summed E-state index contributed by atoms with van der Waals surface area (Å²) < 4.78 is 33.8. The normalized spacial score (nSPS) is 16.8. The van der Waals surface area contributed by atoms with Gasteiger partial charge in [-0.2, -0.15) is 0 Å². The number of cyclic esters (lactones) is 1. The Morgan fingerprint density at radius 3 is 2.79 bits per heavy atom. The molecule has 1 aromatic carbocycles. The molecule has 0 aliphatic carbocycles. The molecule has 2 amide bonds. The first-order valence-corrected chi connectivity index (χ1v) is 8.30. The number of nitrogens with zero attached hydrogens (tertiary/aromatic N) is 3. The van der Waals surface area contributed by atoms with Crippen LogP contribution in [-0.2, 0) is 9.53 Å². The van der Waals surface area contributed by atoms with Crippen molar-refractivity contribution in [1.82, 2.24) is 15.3 Å². The maximum absolute atomic E-state index is 14.4. The van der Waals surface area contributed by atoms with Crippen LogP contribution in [0.15, 0.2) is 30.6 Å². The Morgan fingerprint density at radius 1 is 1.43 bits per heavy atom. The topological polar surface area (TPSA) is 110 Å². The maximum atomic E-state index is 14.4.